The van der Waals surface area contributed by atoms with E-state index < -0.39 is 0 Å². The summed E-state index contributed by atoms with van der Waals surface area (Å²) in [5.74, 6) is 6.43. The molecule has 2 atom stereocenters. The van der Waals surface area contributed by atoms with Crippen LogP contribution >= 0.6 is 11.3 Å². The van der Waals surface area contributed by atoms with Gasteiger partial charge in [0.25, 0.3) is 0 Å². The zero-order valence-corrected chi connectivity index (χ0v) is 11.2. The van der Waals surface area contributed by atoms with Gasteiger partial charge in [0.2, 0.25) is 0 Å². The molecule has 0 amide bonds. The summed E-state index contributed by atoms with van der Waals surface area (Å²) in [5.41, 5.74) is 4.81. The van der Waals surface area contributed by atoms with Gasteiger partial charge in [-0.1, -0.05) is 20.3 Å². The highest BCUT2D eigenvalue weighted by molar-refractivity contribution is 7.10. The summed E-state index contributed by atoms with van der Waals surface area (Å²) < 4.78 is 0. The Kier molecular flexibility index (Phi) is 3.38. The van der Waals surface area contributed by atoms with Gasteiger partial charge >= 0.3 is 0 Å². The Labute approximate surface area is 102 Å². The van der Waals surface area contributed by atoms with Gasteiger partial charge in [0.05, 0.1) is 6.04 Å². The molecule has 0 bridgehead atoms. The molecule has 1 aliphatic rings. The molecule has 0 aliphatic heterocycles. The van der Waals surface area contributed by atoms with E-state index in [0.717, 1.165) is 0 Å². The normalized spacial score (nSPS) is 25.9. The lowest BCUT2D eigenvalue weighted by Gasteiger charge is -2.33. The number of hydrogen-bond acceptors (Lipinski definition) is 3. The molecule has 16 heavy (non-hydrogen) atoms. The monoisotopic (exact) mass is 238 g/mol. The van der Waals surface area contributed by atoms with E-state index in [9.17, 15) is 0 Å². The van der Waals surface area contributed by atoms with Crippen LogP contribution in [-0.2, 0) is 0 Å². The predicted molar refractivity (Wildman–Crippen MR) is 70.2 cm³/mol. The molecule has 3 heteroatoms. The molecule has 1 fully saturated rings. The van der Waals surface area contributed by atoms with E-state index in [4.69, 9.17) is 5.84 Å². The molecule has 90 valence electrons. The highest BCUT2D eigenvalue weighted by atomic mass is 32.1. The second-order valence-corrected chi connectivity index (χ2v) is 6.74. The molecule has 1 aromatic rings. The topological polar surface area (TPSA) is 38.0 Å². The summed E-state index contributed by atoms with van der Waals surface area (Å²) in [5, 5.41) is 2.24. The molecule has 2 rings (SSSR count). The molecule has 1 saturated carbocycles. The maximum Gasteiger partial charge on any atom is 0.0501 e. The fourth-order valence-electron chi connectivity index (χ4n) is 3.04. The molecule has 0 spiro atoms. The van der Waals surface area contributed by atoms with E-state index in [1.165, 1.54) is 29.7 Å². The van der Waals surface area contributed by atoms with Gasteiger partial charge in [0, 0.05) is 4.88 Å². The first-order valence-electron chi connectivity index (χ1n) is 6.06. The van der Waals surface area contributed by atoms with Crippen LogP contribution in [0.15, 0.2) is 11.4 Å². The average Bonchev–Trinajstić information content (AvgIpc) is 2.76. The Bertz CT molecular complexity index is 357. The van der Waals surface area contributed by atoms with E-state index in [2.05, 4.69) is 37.6 Å². The lowest BCUT2D eigenvalue weighted by Crippen LogP contribution is -2.37. The quantitative estimate of drug-likeness (QED) is 0.626. The van der Waals surface area contributed by atoms with Crippen molar-refractivity contribution in [2.75, 3.05) is 0 Å². The molecule has 1 aliphatic carbocycles. The highest BCUT2D eigenvalue weighted by Crippen LogP contribution is 2.48. The Hall–Kier alpha value is -0.380. The lowest BCUT2D eigenvalue weighted by atomic mass is 9.76. The maximum atomic E-state index is 5.77. The zero-order valence-electron chi connectivity index (χ0n) is 10.4. The summed E-state index contributed by atoms with van der Waals surface area (Å²) in [7, 11) is 0. The van der Waals surface area contributed by atoms with Crippen molar-refractivity contribution in [2.24, 2.45) is 17.2 Å². The van der Waals surface area contributed by atoms with Crippen molar-refractivity contribution < 1.29 is 0 Å². The third-order valence-electron chi connectivity index (χ3n) is 4.03. The van der Waals surface area contributed by atoms with E-state index in [0.29, 0.717) is 17.4 Å². The van der Waals surface area contributed by atoms with Gasteiger partial charge in [-0.05, 0) is 48.1 Å². The summed E-state index contributed by atoms with van der Waals surface area (Å²) in [6.07, 6.45) is 3.94. The number of rotatable bonds is 3. The van der Waals surface area contributed by atoms with Gasteiger partial charge in [-0.2, -0.15) is 0 Å². The molecule has 1 aromatic heterocycles. The number of hydrazine groups is 1. The number of nitrogens with one attached hydrogen (secondary N) is 1. The molecule has 0 saturated heterocycles. The first-order chi connectivity index (χ1) is 7.54. The number of thiophene rings is 1. The van der Waals surface area contributed by atoms with Gasteiger partial charge in [-0.3, -0.25) is 11.3 Å². The smallest absolute Gasteiger partial charge is 0.0501 e. The van der Waals surface area contributed by atoms with Crippen molar-refractivity contribution in [2.45, 2.75) is 46.1 Å². The summed E-state index contributed by atoms with van der Waals surface area (Å²) in [6.45, 7) is 6.89. The Morgan fingerprint density at radius 3 is 2.75 bits per heavy atom. The standard InChI is InChI=1S/C13H22N2S/c1-9-7-10(8-16-9)12(15-14)11-5-4-6-13(11,2)3/h7-8,11-12,15H,4-6,14H2,1-3H3. The molecule has 2 unspecified atom stereocenters. The first-order valence-corrected chi connectivity index (χ1v) is 6.94. The Morgan fingerprint density at radius 1 is 1.56 bits per heavy atom. The molecule has 1 heterocycles. The van der Waals surface area contributed by atoms with Crippen LogP contribution in [-0.4, -0.2) is 0 Å². The van der Waals surface area contributed by atoms with Gasteiger partial charge in [0.1, 0.15) is 0 Å². The average molecular weight is 238 g/mol. The molecular weight excluding hydrogens is 216 g/mol. The van der Waals surface area contributed by atoms with Crippen molar-refractivity contribution in [3.8, 4) is 0 Å². The number of aryl methyl sites for hydroxylation is 1. The van der Waals surface area contributed by atoms with E-state index in [1.54, 1.807) is 0 Å². The molecule has 0 aromatic carbocycles. The maximum absolute atomic E-state index is 5.77. The Morgan fingerprint density at radius 2 is 2.31 bits per heavy atom. The van der Waals surface area contributed by atoms with Crippen LogP contribution < -0.4 is 11.3 Å². The van der Waals surface area contributed by atoms with Crippen molar-refractivity contribution in [1.82, 2.24) is 5.43 Å². The third kappa shape index (κ3) is 2.17. The van der Waals surface area contributed by atoms with Crippen LogP contribution in [0.5, 0.6) is 0 Å². The Balaban J connectivity index is 2.23. The van der Waals surface area contributed by atoms with Gasteiger partial charge in [0.15, 0.2) is 0 Å². The SMILES string of the molecule is Cc1cc(C(NN)C2CCCC2(C)C)cs1. The molecular formula is C13H22N2S. The van der Waals surface area contributed by atoms with E-state index >= 15 is 0 Å². The second kappa shape index (κ2) is 4.47. The van der Waals surface area contributed by atoms with Crippen LogP contribution in [0.4, 0.5) is 0 Å². The highest BCUT2D eigenvalue weighted by Gasteiger charge is 2.39. The van der Waals surface area contributed by atoms with Gasteiger partial charge in [-0.25, -0.2) is 0 Å². The largest absolute Gasteiger partial charge is 0.271 e. The summed E-state index contributed by atoms with van der Waals surface area (Å²) in [4.78, 5) is 1.37. The number of nitrogens with two attached hydrogens (primary N) is 1. The van der Waals surface area contributed by atoms with Gasteiger partial charge in [-0.15, -0.1) is 11.3 Å². The first kappa shape index (κ1) is 12.1. The fraction of sp³-hybridized carbons (Fsp3) is 0.692. The minimum Gasteiger partial charge on any atom is -0.271 e. The zero-order chi connectivity index (χ0) is 11.8. The molecule has 2 nitrogen and oxygen atoms in total. The molecule has 3 N–H and O–H groups in total. The third-order valence-corrected chi connectivity index (χ3v) is 4.91. The minimum absolute atomic E-state index is 0.322. The second-order valence-electron chi connectivity index (χ2n) is 5.62. The van der Waals surface area contributed by atoms with Crippen molar-refractivity contribution in [3.63, 3.8) is 0 Å². The fourth-order valence-corrected chi connectivity index (χ4v) is 3.78. The number of hydrogen-bond donors (Lipinski definition) is 2. The van der Waals surface area contributed by atoms with Gasteiger partial charge < -0.3 is 0 Å². The van der Waals surface area contributed by atoms with Crippen LogP contribution in [0.25, 0.3) is 0 Å². The van der Waals surface area contributed by atoms with E-state index in [1.807, 2.05) is 11.3 Å². The lowest BCUT2D eigenvalue weighted by molar-refractivity contribution is 0.198. The van der Waals surface area contributed by atoms with Crippen molar-refractivity contribution >= 4 is 11.3 Å². The van der Waals surface area contributed by atoms with Crippen LogP contribution in [0, 0.1) is 18.3 Å². The summed E-state index contributed by atoms with van der Waals surface area (Å²) >= 11 is 1.81. The molecule has 0 radical (unpaired) electrons. The van der Waals surface area contributed by atoms with Crippen LogP contribution in [0.1, 0.15) is 49.6 Å². The van der Waals surface area contributed by atoms with E-state index in [-0.39, 0.29) is 0 Å². The van der Waals surface area contributed by atoms with Crippen LogP contribution in [0.3, 0.4) is 0 Å². The minimum atomic E-state index is 0.322. The van der Waals surface area contributed by atoms with Crippen molar-refractivity contribution in [1.29, 1.82) is 0 Å². The predicted octanol–water partition coefficient (Wildman–Crippen LogP) is 3.39. The van der Waals surface area contributed by atoms with Crippen LogP contribution in [0.2, 0.25) is 0 Å². The van der Waals surface area contributed by atoms with Crippen molar-refractivity contribution in [3.05, 3.63) is 21.9 Å². The summed E-state index contributed by atoms with van der Waals surface area (Å²) in [6, 6.07) is 2.59.